The lowest BCUT2D eigenvalue weighted by Gasteiger charge is -2.08. The molecule has 2 heterocycles. The molecule has 0 spiro atoms. The number of hydrogen-bond donors (Lipinski definition) is 2. The van der Waals surface area contributed by atoms with Crippen LogP contribution in [0.3, 0.4) is 0 Å². The van der Waals surface area contributed by atoms with Crippen molar-refractivity contribution in [1.29, 1.82) is 0 Å². The average molecular weight is 364 g/mol. The Hall–Kier alpha value is -3.15. The van der Waals surface area contributed by atoms with Gasteiger partial charge in [-0.2, -0.15) is 0 Å². The molecule has 0 saturated heterocycles. The molecule has 0 aliphatic heterocycles. The first kappa shape index (κ1) is 18.6. The number of unbranched alkanes of at least 4 members (excludes halogenated alkanes) is 1. The second-order valence-electron chi connectivity index (χ2n) is 6.31. The molecule has 0 atom stereocenters. The Bertz CT molecular complexity index is 962. The number of rotatable bonds is 7. The molecular weight excluding hydrogens is 340 g/mol. The predicted octanol–water partition coefficient (Wildman–Crippen LogP) is 3.68. The summed E-state index contributed by atoms with van der Waals surface area (Å²) in [6.45, 7) is 4.69. The number of benzene rings is 1. The van der Waals surface area contributed by atoms with Crippen molar-refractivity contribution >= 4 is 23.0 Å². The van der Waals surface area contributed by atoms with Crippen molar-refractivity contribution in [3.8, 4) is 0 Å². The summed E-state index contributed by atoms with van der Waals surface area (Å²) in [5.41, 5.74) is 2.65. The summed E-state index contributed by atoms with van der Waals surface area (Å²) in [6, 6.07) is 13.1. The van der Waals surface area contributed by atoms with Gasteiger partial charge in [0.2, 0.25) is 5.82 Å². The number of carbonyl (C=O) groups excluding carboxylic acids is 2. The fraction of sp³-hybridized carbons (Fsp3) is 0.286. The van der Waals surface area contributed by atoms with Crippen LogP contribution < -0.4 is 10.6 Å². The molecule has 0 saturated carbocycles. The maximum atomic E-state index is 12.9. The Kier molecular flexibility index (Phi) is 5.86. The zero-order valence-corrected chi connectivity index (χ0v) is 15.7. The van der Waals surface area contributed by atoms with E-state index >= 15 is 0 Å². The van der Waals surface area contributed by atoms with Gasteiger partial charge >= 0.3 is 0 Å². The average Bonchev–Trinajstić information content (AvgIpc) is 3.08. The molecule has 2 amide bonds. The van der Waals surface area contributed by atoms with Gasteiger partial charge in [-0.1, -0.05) is 44.5 Å². The SMILES string of the molecule is CCCCNC(=O)c1nc(C(=O)Nc2ccccc2CC)c2ccccn12. The van der Waals surface area contributed by atoms with E-state index in [2.05, 4.69) is 22.5 Å². The van der Waals surface area contributed by atoms with Crippen LogP contribution in [0.1, 0.15) is 53.4 Å². The van der Waals surface area contributed by atoms with Gasteiger partial charge in [0.05, 0.1) is 5.52 Å². The van der Waals surface area contributed by atoms with E-state index in [1.807, 2.05) is 43.3 Å². The van der Waals surface area contributed by atoms with Gasteiger partial charge in [0.25, 0.3) is 11.8 Å². The molecule has 0 bridgehead atoms. The molecule has 2 aromatic heterocycles. The molecule has 0 unspecified atom stereocenters. The lowest BCUT2D eigenvalue weighted by molar-refractivity contribution is 0.0942. The van der Waals surface area contributed by atoms with Gasteiger partial charge in [-0.05, 0) is 36.6 Å². The van der Waals surface area contributed by atoms with Crippen LogP contribution in [-0.2, 0) is 6.42 Å². The van der Waals surface area contributed by atoms with Crippen LogP contribution in [0.2, 0.25) is 0 Å². The van der Waals surface area contributed by atoms with E-state index in [1.54, 1.807) is 16.7 Å². The van der Waals surface area contributed by atoms with E-state index < -0.39 is 0 Å². The normalized spacial score (nSPS) is 10.7. The third kappa shape index (κ3) is 4.00. The smallest absolute Gasteiger partial charge is 0.287 e. The molecule has 27 heavy (non-hydrogen) atoms. The fourth-order valence-corrected chi connectivity index (χ4v) is 2.95. The molecule has 0 radical (unpaired) electrons. The number of fused-ring (bicyclic) bond motifs is 1. The third-order valence-electron chi connectivity index (χ3n) is 4.43. The maximum absolute atomic E-state index is 12.9. The molecule has 0 aliphatic rings. The van der Waals surface area contributed by atoms with Crippen LogP contribution in [0, 0.1) is 0 Å². The van der Waals surface area contributed by atoms with Crippen molar-refractivity contribution in [1.82, 2.24) is 14.7 Å². The van der Waals surface area contributed by atoms with Crippen molar-refractivity contribution in [3.05, 3.63) is 65.7 Å². The lowest BCUT2D eigenvalue weighted by Crippen LogP contribution is -2.26. The number of amides is 2. The number of nitrogens with zero attached hydrogens (tertiary/aromatic N) is 2. The van der Waals surface area contributed by atoms with Crippen LogP contribution in [-0.4, -0.2) is 27.7 Å². The van der Waals surface area contributed by atoms with Crippen LogP contribution in [0.15, 0.2) is 48.7 Å². The molecule has 2 N–H and O–H groups in total. The van der Waals surface area contributed by atoms with E-state index in [9.17, 15) is 9.59 Å². The highest BCUT2D eigenvalue weighted by atomic mass is 16.2. The predicted molar refractivity (Wildman–Crippen MR) is 106 cm³/mol. The van der Waals surface area contributed by atoms with Gasteiger partial charge in [0.1, 0.15) is 0 Å². The van der Waals surface area contributed by atoms with Crippen molar-refractivity contribution in [3.63, 3.8) is 0 Å². The standard InChI is InChI=1S/C21H24N4O2/c1-3-5-13-22-21(27)19-24-18(17-12-8-9-14-25(17)19)20(26)23-16-11-7-6-10-15(16)4-2/h6-12,14H,3-5,13H2,1-2H3,(H,22,27)(H,23,26). The number of anilines is 1. The number of nitrogens with one attached hydrogen (secondary N) is 2. The van der Waals surface area contributed by atoms with E-state index in [-0.39, 0.29) is 23.3 Å². The number of aromatic nitrogens is 2. The van der Waals surface area contributed by atoms with Crippen molar-refractivity contribution in [2.24, 2.45) is 0 Å². The summed E-state index contributed by atoms with van der Waals surface area (Å²) in [7, 11) is 0. The second-order valence-corrected chi connectivity index (χ2v) is 6.31. The summed E-state index contributed by atoms with van der Waals surface area (Å²) < 4.78 is 1.65. The largest absolute Gasteiger partial charge is 0.349 e. The van der Waals surface area contributed by atoms with Crippen molar-refractivity contribution < 1.29 is 9.59 Å². The first-order valence-corrected chi connectivity index (χ1v) is 9.30. The number of aryl methyl sites for hydroxylation is 1. The van der Waals surface area contributed by atoms with Crippen molar-refractivity contribution in [2.45, 2.75) is 33.1 Å². The maximum Gasteiger partial charge on any atom is 0.287 e. The zero-order valence-electron chi connectivity index (χ0n) is 15.7. The number of pyridine rings is 1. The Labute approximate surface area is 158 Å². The highest BCUT2D eigenvalue weighted by Gasteiger charge is 2.21. The minimum Gasteiger partial charge on any atom is -0.349 e. The third-order valence-corrected chi connectivity index (χ3v) is 4.43. The van der Waals surface area contributed by atoms with Gasteiger partial charge in [-0.15, -0.1) is 0 Å². The molecule has 6 heteroatoms. The van der Waals surface area contributed by atoms with E-state index in [4.69, 9.17) is 0 Å². The summed E-state index contributed by atoms with van der Waals surface area (Å²) in [5.74, 6) is -0.388. The topological polar surface area (TPSA) is 75.5 Å². The second kappa shape index (κ2) is 8.49. The van der Waals surface area contributed by atoms with Crippen LogP contribution in [0.25, 0.3) is 5.52 Å². The van der Waals surface area contributed by atoms with Crippen molar-refractivity contribution in [2.75, 3.05) is 11.9 Å². The number of hydrogen-bond acceptors (Lipinski definition) is 3. The summed E-state index contributed by atoms with van der Waals surface area (Å²) in [4.78, 5) is 29.7. The first-order chi connectivity index (χ1) is 13.2. The van der Waals surface area contributed by atoms with Crippen LogP contribution >= 0.6 is 0 Å². The molecule has 1 aromatic carbocycles. The Balaban J connectivity index is 1.92. The van der Waals surface area contributed by atoms with Gasteiger partial charge < -0.3 is 10.6 Å². The number of imidazole rings is 1. The highest BCUT2D eigenvalue weighted by molar-refractivity contribution is 6.09. The summed E-state index contributed by atoms with van der Waals surface area (Å²) >= 11 is 0. The Morgan fingerprint density at radius 2 is 1.81 bits per heavy atom. The van der Waals surface area contributed by atoms with Gasteiger partial charge in [-0.3, -0.25) is 14.0 Å². The first-order valence-electron chi connectivity index (χ1n) is 9.30. The van der Waals surface area contributed by atoms with Gasteiger partial charge in [-0.25, -0.2) is 4.98 Å². The Morgan fingerprint density at radius 1 is 1.04 bits per heavy atom. The van der Waals surface area contributed by atoms with E-state index in [0.29, 0.717) is 12.1 Å². The van der Waals surface area contributed by atoms with Crippen LogP contribution in [0.5, 0.6) is 0 Å². The minimum atomic E-state index is -0.327. The Morgan fingerprint density at radius 3 is 2.59 bits per heavy atom. The zero-order chi connectivity index (χ0) is 19.2. The molecule has 6 nitrogen and oxygen atoms in total. The van der Waals surface area contributed by atoms with E-state index in [0.717, 1.165) is 30.5 Å². The van der Waals surface area contributed by atoms with E-state index in [1.165, 1.54) is 0 Å². The molecular formula is C21H24N4O2. The molecule has 0 fully saturated rings. The number of carbonyl (C=O) groups is 2. The van der Waals surface area contributed by atoms with Crippen LogP contribution in [0.4, 0.5) is 5.69 Å². The van der Waals surface area contributed by atoms with Gasteiger partial charge in [0.15, 0.2) is 5.69 Å². The molecule has 0 aliphatic carbocycles. The quantitative estimate of drug-likeness (QED) is 0.628. The monoisotopic (exact) mass is 364 g/mol. The molecule has 3 aromatic rings. The summed E-state index contributed by atoms with van der Waals surface area (Å²) in [5, 5.41) is 5.79. The summed E-state index contributed by atoms with van der Waals surface area (Å²) in [6.07, 6.45) is 4.45. The fourth-order valence-electron chi connectivity index (χ4n) is 2.95. The number of para-hydroxylation sites is 1. The lowest BCUT2D eigenvalue weighted by atomic mass is 10.1. The molecule has 3 rings (SSSR count). The minimum absolute atomic E-state index is 0.218. The molecule has 140 valence electrons. The van der Waals surface area contributed by atoms with Gasteiger partial charge in [0, 0.05) is 18.4 Å². The highest BCUT2D eigenvalue weighted by Crippen LogP contribution is 2.19.